The molecule has 1 amide bonds. The maximum Gasteiger partial charge on any atom is 0.269 e. The monoisotopic (exact) mass is 312 g/mol. The van der Waals surface area contributed by atoms with Crippen LogP contribution in [0.4, 0.5) is 4.39 Å². The summed E-state index contributed by atoms with van der Waals surface area (Å²) in [6, 6.07) is 11.4. The average molecular weight is 312 g/mol. The molecular weight excluding hydrogens is 295 g/mol. The van der Waals surface area contributed by atoms with E-state index in [1.54, 1.807) is 13.2 Å². The number of benzene rings is 2. The van der Waals surface area contributed by atoms with Gasteiger partial charge in [-0.3, -0.25) is 15.6 Å². The third-order valence-corrected chi connectivity index (χ3v) is 3.77. The number of nitrogens with one attached hydrogen (secondary N) is 2. The number of amides is 1. The first-order valence-electron chi connectivity index (χ1n) is 7.37. The lowest BCUT2D eigenvalue weighted by molar-refractivity contribution is 0.0942. The average Bonchev–Trinajstić information content (AvgIpc) is 2.59. The molecule has 0 fully saturated rings. The molecule has 0 spiro atoms. The molecule has 2 N–H and O–H groups in total. The number of ether oxygens (including phenoxy) is 1. The Bertz CT molecular complexity index is 771. The summed E-state index contributed by atoms with van der Waals surface area (Å²) in [5.74, 6) is -0.0696. The number of hydrogen-bond acceptors (Lipinski definition) is 3. The van der Waals surface area contributed by atoms with Crippen LogP contribution in [0.2, 0.25) is 0 Å². The first kappa shape index (κ1) is 15.1. The van der Waals surface area contributed by atoms with Gasteiger partial charge in [0.25, 0.3) is 5.91 Å². The minimum absolute atomic E-state index is 0.264. The minimum Gasteiger partial charge on any atom is -0.497 e. The highest BCUT2D eigenvalue weighted by atomic mass is 19.1. The molecule has 3 rings (SSSR count). The number of aryl methyl sites for hydroxylation is 1. The topological polar surface area (TPSA) is 50.4 Å². The molecule has 0 saturated carbocycles. The third-order valence-electron chi connectivity index (χ3n) is 3.77. The molecule has 0 saturated heterocycles. The summed E-state index contributed by atoms with van der Waals surface area (Å²) in [6.07, 6.45) is 3.85. The van der Waals surface area contributed by atoms with Gasteiger partial charge in [0.2, 0.25) is 0 Å². The molecule has 0 unspecified atom stereocenters. The van der Waals surface area contributed by atoms with E-state index in [0.717, 1.165) is 29.9 Å². The summed E-state index contributed by atoms with van der Waals surface area (Å²) in [5.41, 5.74) is 8.80. The van der Waals surface area contributed by atoms with Crippen molar-refractivity contribution in [3.8, 4) is 5.75 Å². The SMILES string of the molecule is COc1ccc2c(c1)C(NNC(=O)c1cccc(F)c1)=CCC2. The van der Waals surface area contributed by atoms with Crippen molar-refractivity contribution in [1.29, 1.82) is 0 Å². The predicted molar refractivity (Wildman–Crippen MR) is 86.3 cm³/mol. The zero-order valence-electron chi connectivity index (χ0n) is 12.7. The fourth-order valence-corrected chi connectivity index (χ4v) is 2.58. The van der Waals surface area contributed by atoms with Crippen LogP contribution in [0.25, 0.3) is 5.70 Å². The lowest BCUT2D eigenvalue weighted by atomic mass is 9.95. The van der Waals surface area contributed by atoms with E-state index in [0.29, 0.717) is 0 Å². The van der Waals surface area contributed by atoms with Gasteiger partial charge in [-0.05, 0) is 48.7 Å². The van der Waals surface area contributed by atoms with Crippen molar-refractivity contribution in [2.45, 2.75) is 12.8 Å². The molecule has 2 aromatic rings. The fourth-order valence-electron chi connectivity index (χ4n) is 2.58. The molecule has 5 heteroatoms. The van der Waals surface area contributed by atoms with Gasteiger partial charge in [-0.25, -0.2) is 4.39 Å². The molecule has 0 aromatic heterocycles. The number of hydrogen-bond donors (Lipinski definition) is 2. The molecule has 2 aromatic carbocycles. The molecule has 1 aliphatic carbocycles. The van der Waals surface area contributed by atoms with E-state index < -0.39 is 5.82 Å². The highest BCUT2D eigenvalue weighted by Gasteiger charge is 2.14. The Hall–Kier alpha value is -2.82. The summed E-state index contributed by atoms with van der Waals surface area (Å²) in [7, 11) is 1.62. The van der Waals surface area contributed by atoms with E-state index in [2.05, 4.69) is 10.9 Å². The van der Waals surface area contributed by atoms with Gasteiger partial charge in [0.15, 0.2) is 0 Å². The Kier molecular flexibility index (Phi) is 4.28. The van der Waals surface area contributed by atoms with Crippen molar-refractivity contribution < 1.29 is 13.9 Å². The van der Waals surface area contributed by atoms with Crippen LogP contribution in [0, 0.1) is 5.82 Å². The Labute approximate surface area is 133 Å². The third kappa shape index (κ3) is 3.34. The normalized spacial score (nSPS) is 12.9. The van der Waals surface area contributed by atoms with Crippen molar-refractivity contribution >= 4 is 11.6 Å². The van der Waals surface area contributed by atoms with Gasteiger partial charge in [0, 0.05) is 11.1 Å². The Balaban J connectivity index is 1.74. The molecule has 1 aliphatic rings. The van der Waals surface area contributed by atoms with E-state index in [-0.39, 0.29) is 11.5 Å². The lowest BCUT2D eigenvalue weighted by Crippen LogP contribution is -2.36. The van der Waals surface area contributed by atoms with Crippen LogP contribution in [0.15, 0.2) is 48.5 Å². The van der Waals surface area contributed by atoms with Crippen molar-refractivity contribution in [1.82, 2.24) is 10.9 Å². The summed E-state index contributed by atoms with van der Waals surface area (Å²) >= 11 is 0. The van der Waals surface area contributed by atoms with Crippen LogP contribution in [0.1, 0.15) is 27.9 Å². The number of fused-ring (bicyclic) bond motifs is 1. The summed E-state index contributed by atoms with van der Waals surface area (Å²) in [6.45, 7) is 0. The highest BCUT2D eigenvalue weighted by Crippen LogP contribution is 2.28. The standard InChI is InChI=1S/C18H17FN2O2/c1-23-15-9-8-12-4-3-7-17(16(12)11-15)20-21-18(22)13-5-2-6-14(19)10-13/h2,5-11,20H,3-4H2,1H3,(H,21,22). The second-order valence-electron chi connectivity index (χ2n) is 5.27. The van der Waals surface area contributed by atoms with E-state index in [1.807, 2.05) is 24.3 Å². The highest BCUT2D eigenvalue weighted by molar-refractivity contribution is 5.94. The lowest BCUT2D eigenvalue weighted by Gasteiger charge is -2.20. The molecule has 118 valence electrons. The van der Waals surface area contributed by atoms with Crippen LogP contribution in [0.3, 0.4) is 0 Å². The molecule has 4 nitrogen and oxygen atoms in total. The van der Waals surface area contributed by atoms with Gasteiger partial charge in [-0.2, -0.15) is 0 Å². The largest absolute Gasteiger partial charge is 0.497 e. The summed E-state index contributed by atoms with van der Waals surface area (Å²) < 4.78 is 18.4. The van der Waals surface area contributed by atoms with Crippen molar-refractivity contribution in [2.75, 3.05) is 7.11 Å². The van der Waals surface area contributed by atoms with Gasteiger partial charge in [0.05, 0.1) is 12.8 Å². The smallest absolute Gasteiger partial charge is 0.269 e. The first-order chi connectivity index (χ1) is 11.2. The number of methoxy groups -OCH3 is 1. The summed E-state index contributed by atoms with van der Waals surface area (Å²) in [5, 5.41) is 0. The fraction of sp³-hybridized carbons (Fsp3) is 0.167. The van der Waals surface area contributed by atoms with Crippen LogP contribution < -0.4 is 15.6 Å². The number of carbonyl (C=O) groups excluding carboxylic acids is 1. The van der Waals surface area contributed by atoms with Gasteiger partial charge in [-0.15, -0.1) is 0 Å². The number of hydrazine groups is 1. The van der Waals surface area contributed by atoms with Crippen molar-refractivity contribution in [3.05, 3.63) is 71.0 Å². The number of carbonyl (C=O) groups is 1. The molecule has 0 aliphatic heterocycles. The minimum atomic E-state index is -0.440. The van der Waals surface area contributed by atoms with E-state index in [1.165, 1.54) is 23.8 Å². The Morgan fingerprint density at radius 2 is 2.09 bits per heavy atom. The maximum atomic E-state index is 13.2. The number of rotatable bonds is 4. The quantitative estimate of drug-likeness (QED) is 0.853. The van der Waals surface area contributed by atoms with Gasteiger partial charge >= 0.3 is 0 Å². The van der Waals surface area contributed by atoms with Crippen molar-refractivity contribution in [3.63, 3.8) is 0 Å². The van der Waals surface area contributed by atoms with Gasteiger partial charge in [-0.1, -0.05) is 18.2 Å². The number of allylic oxidation sites excluding steroid dienone is 1. The second kappa shape index (κ2) is 6.52. The first-order valence-corrected chi connectivity index (χ1v) is 7.37. The number of halogens is 1. The molecule has 23 heavy (non-hydrogen) atoms. The Morgan fingerprint density at radius 1 is 1.22 bits per heavy atom. The van der Waals surface area contributed by atoms with Crippen LogP contribution in [-0.2, 0) is 6.42 Å². The van der Waals surface area contributed by atoms with Crippen LogP contribution in [0.5, 0.6) is 5.75 Å². The van der Waals surface area contributed by atoms with Crippen LogP contribution in [-0.4, -0.2) is 13.0 Å². The molecule has 0 radical (unpaired) electrons. The van der Waals surface area contributed by atoms with Gasteiger partial charge in [0.1, 0.15) is 11.6 Å². The van der Waals surface area contributed by atoms with E-state index in [4.69, 9.17) is 4.74 Å². The Morgan fingerprint density at radius 3 is 2.87 bits per heavy atom. The second-order valence-corrected chi connectivity index (χ2v) is 5.27. The molecular formula is C18H17FN2O2. The zero-order valence-corrected chi connectivity index (χ0v) is 12.7. The van der Waals surface area contributed by atoms with E-state index >= 15 is 0 Å². The van der Waals surface area contributed by atoms with Crippen LogP contribution >= 0.6 is 0 Å². The van der Waals surface area contributed by atoms with Gasteiger partial charge < -0.3 is 4.74 Å². The molecule has 0 bridgehead atoms. The van der Waals surface area contributed by atoms with Crippen molar-refractivity contribution in [2.24, 2.45) is 0 Å². The van der Waals surface area contributed by atoms with E-state index in [9.17, 15) is 9.18 Å². The molecule has 0 atom stereocenters. The zero-order chi connectivity index (χ0) is 16.2. The maximum absolute atomic E-state index is 13.2. The predicted octanol–water partition coefficient (Wildman–Crippen LogP) is 3.06. The molecule has 0 heterocycles. The summed E-state index contributed by atoms with van der Waals surface area (Å²) in [4.78, 5) is 12.1.